The number of aromatic nitrogens is 1. The van der Waals surface area contributed by atoms with E-state index in [-0.39, 0.29) is 16.5 Å². The number of benzene rings is 3. The van der Waals surface area contributed by atoms with E-state index in [1.807, 2.05) is 0 Å². The molecule has 1 atom stereocenters. The van der Waals surface area contributed by atoms with Gasteiger partial charge in [0.05, 0.1) is 28.4 Å². The lowest BCUT2D eigenvalue weighted by Gasteiger charge is -2.23. The molecule has 3 aromatic carbocycles. The largest absolute Gasteiger partial charge is 0.507 e. The maximum Gasteiger partial charge on any atom is 0.301 e. The number of thiazole rings is 1. The number of ketones is 1. The van der Waals surface area contributed by atoms with Gasteiger partial charge < -0.3 is 19.3 Å². The van der Waals surface area contributed by atoms with E-state index in [0.717, 1.165) is 30.6 Å². The first-order chi connectivity index (χ1) is 19.9. The molecule has 2 aliphatic heterocycles. The first-order valence-electron chi connectivity index (χ1n) is 13.4. The van der Waals surface area contributed by atoms with Crippen molar-refractivity contribution in [3.05, 3.63) is 83.2 Å². The number of hydrogen-bond donors (Lipinski definition) is 1. The third kappa shape index (κ3) is 5.11. The summed E-state index contributed by atoms with van der Waals surface area (Å²) in [7, 11) is 0. The number of anilines is 1. The second kappa shape index (κ2) is 11.2. The summed E-state index contributed by atoms with van der Waals surface area (Å²) in [6.45, 7) is 3.47. The van der Waals surface area contributed by atoms with Gasteiger partial charge in [-0.1, -0.05) is 43.2 Å². The summed E-state index contributed by atoms with van der Waals surface area (Å²) in [6, 6.07) is 15.1. The van der Waals surface area contributed by atoms with E-state index >= 15 is 0 Å². The molecule has 8 nitrogen and oxygen atoms in total. The van der Waals surface area contributed by atoms with Crippen LogP contribution in [0.2, 0.25) is 0 Å². The Morgan fingerprint density at radius 1 is 1.05 bits per heavy atom. The minimum Gasteiger partial charge on any atom is -0.507 e. The average molecular weight is 575 g/mol. The number of Topliss-reactive ketones (excluding diaryl/α,β-unsaturated/α-hetero) is 1. The predicted octanol–water partition coefficient (Wildman–Crippen LogP) is 6.40. The van der Waals surface area contributed by atoms with E-state index in [1.165, 1.54) is 23.1 Å². The molecule has 0 spiro atoms. The Kier molecular flexibility index (Phi) is 7.32. The van der Waals surface area contributed by atoms with Crippen LogP contribution in [-0.2, 0) is 9.59 Å². The van der Waals surface area contributed by atoms with Gasteiger partial charge >= 0.3 is 5.91 Å². The summed E-state index contributed by atoms with van der Waals surface area (Å²) < 4.78 is 31.5. The molecule has 1 aromatic heterocycles. The highest BCUT2D eigenvalue weighted by Gasteiger charge is 2.48. The van der Waals surface area contributed by atoms with Crippen molar-refractivity contribution in [3.63, 3.8) is 0 Å². The van der Waals surface area contributed by atoms with Crippen molar-refractivity contribution in [2.45, 2.75) is 32.2 Å². The van der Waals surface area contributed by atoms with E-state index in [4.69, 9.17) is 14.2 Å². The molecule has 1 unspecified atom stereocenters. The van der Waals surface area contributed by atoms with Crippen molar-refractivity contribution in [2.75, 3.05) is 24.7 Å². The molecular formula is C31H27FN2O6S. The lowest BCUT2D eigenvalue weighted by Crippen LogP contribution is -2.29. The molecule has 4 aromatic rings. The fourth-order valence-electron chi connectivity index (χ4n) is 4.97. The van der Waals surface area contributed by atoms with Crippen molar-refractivity contribution in [2.24, 2.45) is 0 Å². The van der Waals surface area contributed by atoms with Gasteiger partial charge in [-0.25, -0.2) is 9.37 Å². The summed E-state index contributed by atoms with van der Waals surface area (Å²) >= 11 is 1.10. The topological polar surface area (TPSA) is 98.2 Å². The van der Waals surface area contributed by atoms with Gasteiger partial charge in [0.1, 0.15) is 30.5 Å². The Bertz CT molecular complexity index is 1670. The Labute approximate surface area is 239 Å². The lowest BCUT2D eigenvalue weighted by atomic mass is 9.95. The van der Waals surface area contributed by atoms with Crippen LogP contribution in [0.5, 0.6) is 17.2 Å². The summed E-state index contributed by atoms with van der Waals surface area (Å²) in [5.74, 6) is -0.852. The molecule has 210 valence electrons. The van der Waals surface area contributed by atoms with Gasteiger partial charge in [-0.2, -0.15) is 0 Å². The Hall–Kier alpha value is -4.44. The second-order valence-corrected chi connectivity index (χ2v) is 10.8. The zero-order valence-corrected chi connectivity index (χ0v) is 23.1. The van der Waals surface area contributed by atoms with Crippen LogP contribution >= 0.6 is 11.3 Å². The number of carbonyl (C=O) groups excluding carboxylic acids is 2. The van der Waals surface area contributed by atoms with Crippen LogP contribution in [0.1, 0.15) is 43.4 Å². The molecule has 1 saturated heterocycles. The highest BCUT2D eigenvalue weighted by Crippen LogP contribution is 2.45. The number of aliphatic hydroxyl groups excluding tert-OH is 1. The molecule has 0 saturated carbocycles. The molecule has 41 heavy (non-hydrogen) atoms. The van der Waals surface area contributed by atoms with Crippen LogP contribution in [-0.4, -0.2) is 41.6 Å². The minimum atomic E-state index is -0.984. The summed E-state index contributed by atoms with van der Waals surface area (Å²) in [4.78, 5) is 32.9. The van der Waals surface area contributed by atoms with Crippen molar-refractivity contribution in [1.29, 1.82) is 0 Å². The van der Waals surface area contributed by atoms with Crippen LogP contribution in [0.4, 0.5) is 9.52 Å². The van der Waals surface area contributed by atoms with Gasteiger partial charge in [0.15, 0.2) is 16.6 Å². The fraction of sp³-hybridized carbons (Fsp3) is 0.258. The van der Waals surface area contributed by atoms with E-state index in [0.29, 0.717) is 58.4 Å². The zero-order valence-electron chi connectivity index (χ0n) is 22.3. The van der Waals surface area contributed by atoms with Crippen LogP contribution in [0.15, 0.2) is 66.2 Å². The van der Waals surface area contributed by atoms with Gasteiger partial charge in [-0.3, -0.25) is 14.5 Å². The Balaban J connectivity index is 1.44. The Morgan fingerprint density at radius 3 is 2.61 bits per heavy atom. The smallest absolute Gasteiger partial charge is 0.301 e. The van der Waals surface area contributed by atoms with Gasteiger partial charge in [-0.05, 0) is 60.5 Å². The highest BCUT2D eigenvalue weighted by atomic mass is 32.1. The zero-order chi connectivity index (χ0) is 28.5. The molecular weight excluding hydrogens is 547 g/mol. The van der Waals surface area contributed by atoms with Crippen molar-refractivity contribution < 1.29 is 33.3 Å². The molecule has 1 N–H and O–H groups in total. The number of nitrogens with zero attached hydrogens (tertiary/aromatic N) is 2. The van der Waals surface area contributed by atoms with E-state index in [2.05, 4.69) is 11.9 Å². The van der Waals surface area contributed by atoms with E-state index in [9.17, 15) is 19.1 Å². The Morgan fingerprint density at radius 2 is 1.83 bits per heavy atom. The molecule has 0 aliphatic carbocycles. The first kappa shape index (κ1) is 26.8. The third-order valence-corrected chi connectivity index (χ3v) is 8.04. The number of carbonyl (C=O) groups is 2. The molecule has 2 aliphatic rings. The number of aliphatic hydroxyl groups is 1. The number of hydrogen-bond acceptors (Lipinski definition) is 8. The van der Waals surface area contributed by atoms with Crippen LogP contribution in [0.3, 0.4) is 0 Å². The van der Waals surface area contributed by atoms with Gasteiger partial charge in [0, 0.05) is 5.56 Å². The number of ether oxygens (including phenoxy) is 3. The highest BCUT2D eigenvalue weighted by molar-refractivity contribution is 7.22. The van der Waals surface area contributed by atoms with Crippen molar-refractivity contribution in [1.82, 2.24) is 4.98 Å². The fourth-order valence-corrected chi connectivity index (χ4v) is 5.99. The van der Waals surface area contributed by atoms with Gasteiger partial charge in [-0.15, -0.1) is 0 Å². The van der Waals surface area contributed by atoms with Gasteiger partial charge in [0.25, 0.3) is 5.78 Å². The van der Waals surface area contributed by atoms with E-state index in [1.54, 1.807) is 42.5 Å². The molecule has 1 fully saturated rings. The summed E-state index contributed by atoms with van der Waals surface area (Å²) in [5, 5.41) is 11.7. The normalized spacial score (nSPS) is 17.8. The number of unbranched alkanes of at least 4 members (excludes halogenated alkanes) is 2. The van der Waals surface area contributed by atoms with Crippen LogP contribution in [0, 0.1) is 5.82 Å². The molecule has 6 rings (SSSR count). The first-order valence-corrected chi connectivity index (χ1v) is 14.3. The number of halogens is 1. The van der Waals surface area contributed by atoms with Gasteiger partial charge in [0.2, 0.25) is 0 Å². The average Bonchev–Trinajstić information content (AvgIpc) is 3.52. The molecule has 3 heterocycles. The molecule has 10 heteroatoms. The van der Waals surface area contributed by atoms with Crippen molar-refractivity contribution in [3.8, 4) is 17.2 Å². The maximum atomic E-state index is 13.9. The second-order valence-electron chi connectivity index (χ2n) is 9.76. The van der Waals surface area contributed by atoms with E-state index < -0.39 is 23.5 Å². The summed E-state index contributed by atoms with van der Waals surface area (Å²) in [6.07, 6.45) is 3.09. The third-order valence-electron chi connectivity index (χ3n) is 7.02. The standard InChI is InChI=1S/C31H27FN2O6S/c1-2-3-4-13-38-21-9-5-18(6-10-21)27-26(28(35)19-7-12-23-24(16-19)40-15-14-39-23)29(36)30(37)34(27)31-33-22-11-8-20(32)17-25(22)41-31/h5-12,16-17,27,35H,2-4,13-15H2,1H3/b28-26+. The predicted molar refractivity (Wildman–Crippen MR) is 153 cm³/mol. The maximum absolute atomic E-state index is 13.9. The molecule has 0 radical (unpaired) electrons. The number of fused-ring (bicyclic) bond motifs is 2. The van der Waals surface area contributed by atoms with Crippen LogP contribution in [0.25, 0.3) is 16.0 Å². The number of rotatable bonds is 8. The quantitative estimate of drug-likeness (QED) is 0.113. The van der Waals surface area contributed by atoms with Crippen molar-refractivity contribution >= 4 is 44.1 Å². The minimum absolute atomic E-state index is 0.0891. The summed E-state index contributed by atoms with van der Waals surface area (Å²) in [5.41, 5.74) is 1.29. The van der Waals surface area contributed by atoms with Crippen LogP contribution < -0.4 is 19.1 Å². The SMILES string of the molecule is CCCCCOc1ccc(C2/C(=C(\O)c3ccc4c(c3)OCCO4)C(=O)C(=O)N2c2nc3ccc(F)cc3s2)cc1. The molecule has 0 bridgehead atoms. The number of amides is 1. The molecule has 1 amide bonds. The monoisotopic (exact) mass is 574 g/mol. The lowest BCUT2D eigenvalue weighted by molar-refractivity contribution is -0.132.